The van der Waals surface area contributed by atoms with Crippen LogP contribution in [-0.4, -0.2) is 11.9 Å². The fourth-order valence-corrected chi connectivity index (χ4v) is 17.6. The molecule has 54 heavy (non-hydrogen) atoms. The van der Waals surface area contributed by atoms with E-state index in [-0.39, 0.29) is 72.0 Å². The van der Waals surface area contributed by atoms with Crippen molar-refractivity contribution in [3.63, 3.8) is 0 Å². The summed E-state index contributed by atoms with van der Waals surface area (Å²) < 4.78 is 0. The summed E-state index contributed by atoms with van der Waals surface area (Å²) in [6, 6.07) is 0. The third-order valence-electron chi connectivity index (χ3n) is 20.3. The van der Waals surface area contributed by atoms with Crippen LogP contribution in [0.3, 0.4) is 0 Å². The van der Waals surface area contributed by atoms with Crippen molar-refractivity contribution in [1.29, 1.82) is 0 Å². The van der Waals surface area contributed by atoms with Gasteiger partial charge in [0, 0.05) is 11.9 Å². The van der Waals surface area contributed by atoms with Crippen molar-refractivity contribution in [3.05, 3.63) is 0 Å². The van der Waals surface area contributed by atoms with Crippen LogP contribution in [-0.2, 0) is 9.59 Å². The van der Waals surface area contributed by atoms with Gasteiger partial charge in [-0.25, -0.2) is 0 Å². The van der Waals surface area contributed by atoms with Crippen molar-refractivity contribution in [2.45, 2.75) is 196 Å². The third kappa shape index (κ3) is 8.33. The van der Waals surface area contributed by atoms with E-state index in [2.05, 4.69) is 41.5 Å². The molecule has 2 unspecified atom stereocenters. The maximum atomic E-state index is 10.9. The average molecular weight is 765 g/mol. The van der Waals surface area contributed by atoms with Gasteiger partial charge >= 0.3 is 59.1 Å². The summed E-state index contributed by atoms with van der Waals surface area (Å²) in [4.78, 5) is 21.9. The van der Waals surface area contributed by atoms with Crippen molar-refractivity contribution in [1.82, 2.24) is 0 Å². The Hall–Kier alpha value is 0.940. The van der Waals surface area contributed by atoms with E-state index < -0.39 is 11.9 Å². The Morgan fingerprint density at radius 3 is 1.22 bits per heavy atom. The largest absolute Gasteiger partial charge is 1.00 e. The van der Waals surface area contributed by atoms with Crippen molar-refractivity contribution in [2.75, 3.05) is 0 Å². The van der Waals surface area contributed by atoms with Crippen LogP contribution in [0.2, 0.25) is 0 Å². The predicted molar refractivity (Wildman–Crippen MR) is 206 cm³/mol. The molecule has 0 N–H and O–H groups in total. The number of fused-ring (bicyclic) bond motifs is 10. The zero-order valence-corrected chi connectivity index (χ0v) is 40.5. The molecule has 0 aromatic carbocycles. The van der Waals surface area contributed by atoms with Gasteiger partial charge in [0.15, 0.2) is 0 Å². The first-order valence-corrected chi connectivity index (χ1v) is 23.1. The second-order valence-electron chi connectivity index (χ2n) is 22.0. The number of hydrogen-bond acceptors (Lipinski definition) is 4. The molecular formula is C48H78Na2O4. The van der Waals surface area contributed by atoms with Gasteiger partial charge in [-0.3, -0.25) is 0 Å². The molecule has 8 saturated carbocycles. The molecule has 296 valence electrons. The summed E-state index contributed by atoms with van der Waals surface area (Å²) in [5.41, 5.74) is 2.18. The molecule has 0 aliphatic heterocycles. The summed E-state index contributed by atoms with van der Waals surface area (Å²) in [5.74, 6) is 8.41. The van der Waals surface area contributed by atoms with Gasteiger partial charge in [-0.05, 0) is 221 Å². The molecule has 0 saturated heterocycles. The van der Waals surface area contributed by atoms with Crippen LogP contribution in [0, 0.1) is 92.7 Å². The van der Waals surface area contributed by atoms with Crippen LogP contribution in [0.4, 0.5) is 0 Å². The minimum Gasteiger partial charge on any atom is -0.550 e. The van der Waals surface area contributed by atoms with Crippen molar-refractivity contribution in [3.8, 4) is 0 Å². The molecule has 0 spiro atoms. The van der Waals surface area contributed by atoms with Crippen molar-refractivity contribution in [2.24, 2.45) is 92.7 Å². The van der Waals surface area contributed by atoms with Gasteiger partial charge in [0.1, 0.15) is 0 Å². The maximum Gasteiger partial charge on any atom is 1.00 e. The van der Waals surface area contributed by atoms with E-state index in [0.717, 1.165) is 72.0 Å². The van der Waals surface area contributed by atoms with Crippen LogP contribution >= 0.6 is 0 Å². The summed E-state index contributed by atoms with van der Waals surface area (Å²) >= 11 is 0. The standard InChI is InChI=1S/2C24H40O2.2Na/c2*1-16(7-12-22(25)26)19-10-11-20-18-9-8-17-6-4-5-14-23(17,2)21(18)13-15-24(19,20)3;;/h2*16-21H,4-15H2,1-3H3,(H,25,26);;/q;;2*+1/p-2/t2*16-,17?,18+,19-,20+,21+,23+,24-;;/m11../s1. The molecule has 0 bridgehead atoms. The molecule has 4 nitrogen and oxygen atoms in total. The minimum absolute atomic E-state index is 0. The molecule has 8 rings (SSSR count). The number of aliphatic carboxylic acids is 2. The zero-order valence-electron chi connectivity index (χ0n) is 36.5. The summed E-state index contributed by atoms with van der Waals surface area (Å²) in [6.45, 7) is 15.1. The van der Waals surface area contributed by atoms with Crippen molar-refractivity contribution >= 4 is 11.9 Å². The first kappa shape index (κ1) is 46.0. The van der Waals surface area contributed by atoms with E-state index in [9.17, 15) is 19.8 Å². The summed E-state index contributed by atoms with van der Waals surface area (Å²) in [7, 11) is 0. The normalized spacial score (nSPS) is 47.1. The smallest absolute Gasteiger partial charge is 0.550 e. The fourth-order valence-electron chi connectivity index (χ4n) is 17.6. The van der Waals surface area contributed by atoms with E-state index in [1.165, 1.54) is 128 Å². The van der Waals surface area contributed by atoms with Gasteiger partial charge < -0.3 is 19.8 Å². The van der Waals surface area contributed by atoms with Crippen LogP contribution in [0.1, 0.15) is 196 Å². The Labute approximate surface area is 376 Å². The number of rotatable bonds is 8. The minimum atomic E-state index is -0.871. The average Bonchev–Trinajstić information content (AvgIpc) is 3.66. The Bertz CT molecular complexity index is 1190. The molecule has 0 heterocycles. The first-order chi connectivity index (χ1) is 24.7. The molecular weight excluding hydrogens is 687 g/mol. The van der Waals surface area contributed by atoms with Crippen LogP contribution < -0.4 is 69.3 Å². The summed E-state index contributed by atoms with van der Waals surface area (Å²) in [5, 5.41) is 21.9. The molecule has 0 radical (unpaired) electrons. The van der Waals surface area contributed by atoms with E-state index in [0.29, 0.717) is 33.5 Å². The maximum absolute atomic E-state index is 10.9. The van der Waals surface area contributed by atoms with Gasteiger partial charge in [0.2, 0.25) is 0 Å². The number of carbonyl (C=O) groups excluding carboxylic acids is 2. The van der Waals surface area contributed by atoms with Crippen molar-refractivity contribution < 1.29 is 78.9 Å². The Morgan fingerprint density at radius 2 is 0.852 bits per heavy atom. The number of carboxylic acids is 2. The summed E-state index contributed by atoms with van der Waals surface area (Å²) in [6.07, 6.45) is 30.9. The number of carboxylic acid groups (broad SMARTS) is 2. The first-order valence-electron chi connectivity index (χ1n) is 23.1. The van der Waals surface area contributed by atoms with Crippen LogP contribution in [0.25, 0.3) is 0 Å². The van der Waals surface area contributed by atoms with E-state index in [1.54, 1.807) is 0 Å². The van der Waals surface area contributed by atoms with Gasteiger partial charge in [0.25, 0.3) is 0 Å². The third-order valence-corrected chi connectivity index (χ3v) is 20.3. The molecule has 8 aliphatic carbocycles. The molecule has 16 atom stereocenters. The topological polar surface area (TPSA) is 80.3 Å². The SMILES string of the molecule is C[C@H](CCC(=O)[O-])[C@H]1CC[C@H]2[C@@H]3CCC4CCCC[C@]4(C)[C@H]3CC[C@]12C.C[C@H](CCC(=O)[O-])[C@H]1CC[C@H]2[C@@H]3CCC4CCCC[C@]4(C)[C@H]3CC[C@]12C.[Na+].[Na+]. The number of carbonyl (C=O) groups is 2. The van der Waals surface area contributed by atoms with Gasteiger partial charge in [-0.2, -0.15) is 0 Å². The molecule has 0 amide bonds. The molecule has 0 aromatic rings. The predicted octanol–water partition coefficient (Wildman–Crippen LogP) is 4.41. The Morgan fingerprint density at radius 1 is 0.481 bits per heavy atom. The van der Waals surface area contributed by atoms with E-state index >= 15 is 0 Å². The quantitative estimate of drug-likeness (QED) is 0.344. The van der Waals surface area contributed by atoms with Gasteiger partial charge in [-0.1, -0.05) is 67.2 Å². The Balaban J connectivity index is 0.000000200. The molecule has 8 fully saturated rings. The second kappa shape index (κ2) is 18.3. The zero-order chi connectivity index (χ0) is 37.1. The second-order valence-corrected chi connectivity index (χ2v) is 22.0. The number of hydrogen-bond donors (Lipinski definition) is 0. The van der Waals surface area contributed by atoms with Gasteiger partial charge in [-0.15, -0.1) is 0 Å². The van der Waals surface area contributed by atoms with Gasteiger partial charge in [0.05, 0.1) is 0 Å². The monoisotopic (exact) mass is 765 g/mol. The fraction of sp³-hybridized carbons (Fsp3) is 0.958. The van der Waals surface area contributed by atoms with E-state index in [1.807, 2.05) is 0 Å². The van der Waals surface area contributed by atoms with Crippen LogP contribution in [0.5, 0.6) is 0 Å². The molecule has 0 aromatic heterocycles. The molecule has 6 heteroatoms. The van der Waals surface area contributed by atoms with E-state index in [4.69, 9.17) is 0 Å². The Kier molecular flexibility index (Phi) is 15.6. The van der Waals surface area contributed by atoms with Crippen LogP contribution in [0.15, 0.2) is 0 Å². The molecule has 8 aliphatic rings.